The summed E-state index contributed by atoms with van der Waals surface area (Å²) in [5.41, 5.74) is 3.68. The molecule has 0 bridgehead atoms. The van der Waals surface area contributed by atoms with E-state index in [1.807, 2.05) is 13.8 Å². The SMILES string of the molecule is CC(C)C[C@H](NC(=O)[C@@H]1CCCN1C(=O)[C@H](C)[NH3+])C(=O)[O-]. The maximum Gasteiger partial charge on any atom is 0.281 e. The van der Waals surface area contributed by atoms with E-state index in [4.69, 9.17) is 0 Å². The van der Waals surface area contributed by atoms with Gasteiger partial charge in [-0.05, 0) is 32.1 Å². The van der Waals surface area contributed by atoms with Gasteiger partial charge in [0.1, 0.15) is 6.04 Å². The van der Waals surface area contributed by atoms with E-state index in [0.717, 1.165) is 6.42 Å². The van der Waals surface area contributed by atoms with Gasteiger partial charge in [-0.1, -0.05) is 13.8 Å². The predicted molar refractivity (Wildman–Crippen MR) is 73.5 cm³/mol. The molecule has 0 aromatic heterocycles. The quantitative estimate of drug-likeness (QED) is 0.583. The molecule has 0 radical (unpaired) electrons. The molecule has 21 heavy (non-hydrogen) atoms. The maximum atomic E-state index is 12.3. The number of quaternary nitrogens is 1. The van der Waals surface area contributed by atoms with E-state index in [2.05, 4.69) is 11.1 Å². The van der Waals surface area contributed by atoms with Crippen molar-refractivity contribution >= 4 is 17.8 Å². The highest BCUT2D eigenvalue weighted by atomic mass is 16.4. The Hall–Kier alpha value is -1.63. The van der Waals surface area contributed by atoms with E-state index >= 15 is 0 Å². The van der Waals surface area contributed by atoms with Crippen LogP contribution in [0.1, 0.15) is 40.0 Å². The number of rotatable bonds is 6. The first kappa shape index (κ1) is 17.4. The van der Waals surface area contributed by atoms with Crippen LogP contribution in [0.5, 0.6) is 0 Å². The number of hydrogen-bond donors (Lipinski definition) is 2. The molecule has 1 aliphatic rings. The molecule has 0 aromatic rings. The standard InChI is InChI=1S/C14H25N3O4/c1-8(2)7-10(14(20)21)16-12(18)11-5-4-6-17(11)13(19)9(3)15/h8-11H,4-7,15H2,1-3H3,(H,16,18)(H,20,21)/t9-,10-,11-/m0/s1. The zero-order valence-electron chi connectivity index (χ0n) is 12.9. The lowest BCUT2D eigenvalue weighted by Gasteiger charge is -2.28. The summed E-state index contributed by atoms with van der Waals surface area (Å²) >= 11 is 0. The van der Waals surface area contributed by atoms with Gasteiger partial charge < -0.3 is 25.9 Å². The number of amides is 2. The molecule has 4 N–H and O–H groups in total. The van der Waals surface area contributed by atoms with E-state index < -0.39 is 30.0 Å². The first-order valence-electron chi connectivity index (χ1n) is 7.38. The van der Waals surface area contributed by atoms with Crippen LogP contribution in [-0.4, -0.2) is 47.4 Å². The zero-order valence-corrected chi connectivity index (χ0v) is 12.9. The Balaban J connectivity index is 2.72. The molecule has 0 unspecified atom stereocenters. The highest BCUT2D eigenvalue weighted by molar-refractivity contribution is 5.91. The van der Waals surface area contributed by atoms with Crippen molar-refractivity contribution in [2.75, 3.05) is 6.54 Å². The van der Waals surface area contributed by atoms with Gasteiger partial charge in [0.05, 0.1) is 12.0 Å². The molecule has 0 aliphatic carbocycles. The van der Waals surface area contributed by atoms with Crippen LogP contribution >= 0.6 is 0 Å². The van der Waals surface area contributed by atoms with E-state index in [1.165, 1.54) is 4.90 Å². The smallest absolute Gasteiger partial charge is 0.281 e. The lowest BCUT2D eigenvalue weighted by atomic mass is 10.0. The average Bonchev–Trinajstić information content (AvgIpc) is 2.85. The summed E-state index contributed by atoms with van der Waals surface area (Å²) in [5, 5.41) is 13.6. The first-order valence-corrected chi connectivity index (χ1v) is 7.38. The Kier molecular flexibility index (Phi) is 6.14. The molecule has 120 valence electrons. The second kappa shape index (κ2) is 7.40. The zero-order chi connectivity index (χ0) is 16.2. The summed E-state index contributed by atoms with van der Waals surface area (Å²) in [6.07, 6.45) is 1.59. The monoisotopic (exact) mass is 299 g/mol. The van der Waals surface area contributed by atoms with Gasteiger partial charge in [-0.3, -0.25) is 9.59 Å². The Bertz CT molecular complexity index is 409. The molecule has 1 saturated heterocycles. The molecule has 1 heterocycles. The topological polar surface area (TPSA) is 117 Å². The summed E-state index contributed by atoms with van der Waals surface area (Å²) in [7, 11) is 0. The van der Waals surface area contributed by atoms with E-state index in [-0.39, 0.29) is 11.8 Å². The molecule has 7 nitrogen and oxygen atoms in total. The minimum atomic E-state index is -1.29. The van der Waals surface area contributed by atoms with Gasteiger partial charge in [0.15, 0.2) is 6.04 Å². The summed E-state index contributed by atoms with van der Waals surface area (Å²) in [6.45, 7) is 5.94. The van der Waals surface area contributed by atoms with Gasteiger partial charge in [-0.25, -0.2) is 0 Å². The summed E-state index contributed by atoms with van der Waals surface area (Å²) < 4.78 is 0. The van der Waals surface area contributed by atoms with Crippen LogP contribution in [-0.2, 0) is 14.4 Å². The third-order valence-electron chi connectivity index (χ3n) is 3.57. The second-order valence-electron chi connectivity index (χ2n) is 6.10. The number of nitrogens with zero attached hydrogens (tertiary/aromatic N) is 1. The fourth-order valence-corrected chi connectivity index (χ4v) is 2.54. The fourth-order valence-electron chi connectivity index (χ4n) is 2.54. The molecular weight excluding hydrogens is 274 g/mol. The molecule has 3 atom stereocenters. The van der Waals surface area contributed by atoms with Crippen LogP contribution in [0.25, 0.3) is 0 Å². The number of likely N-dealkylation sites (tertiary alicyclic amines) is 1. The van der Waals surface area contributed by atoms with Crippen molar-refractivity contribution in [1.29, 1.82) is 0 Å². The normalized spacial score (nSPS) is 21.2. The van der Waals surface area contributed by atoms with E-state index in [9.17, 15) is 19.5 Å². The Morgan fingerprint density at radius 2 is 1.95 bits per heavy atom. The average molecular weight is 299 g/mol. The number of hydrogen-bond acceptors (Lipinski definition) is 4. The summed E-state index contributed by atoms with van der Waals surface area (Å²) in [6, 6.07) is -2.05. The van der Waals surface area contributed by atoms with Crippen LogP contribution in [0, 0.1) is 5.92 Å². The van der Waals surface area contributed by atoms with E-state index in [1.54, 1.807) is 6.92 Å². The van der Waals surface area contributed by atoms with Crippen LogP contribution in [0.15, 0.2) is 0 Å². The number of carboxylic acid groups (broad SMARTS) is 1. The molecule has 0 spiro atoms. The Morgan fingerprint density at radius 1 is 1.33 bits per heavy atom. The van der Waals surface area contributed by atoms with Crippen molar-refractivity contribution in [3.05, 3.63) is 0 Å². The van der Waals surface area contributed by atoms with Crippen LogP contribution in [0.2, 0.25) is 0 Å². The van der Waals surface area contributed by atoms with Gasteiger partial charge >= 0.3 is 0 Å². The molecule has 2 amide bonds. The number of carbonyl (C=O) groups is 3. The summed E-state index contributed by atoms with van der Waals surface area (Å²) in [4.78, 5) is 36.9. The number of carbonyl (C=O) groups excluding carboxylic acids is 3. The number of carboxylic acids is 1. The fraction of sp³-hybridized carbons (Fsp3) is 0.786. The van der Waals surface area contributed by atoms with Crippen LogP contribution < -0.4 is 16.2 Å². The van der Waals surface area contributed by atoms with Gasteiger partial charge in [0, 0.05) is 6.54 Å². The van der Waals surface area contributed by atoms with Crippen LogP contribution in [0.4, 0.5) is 0 Å². The van der Waals surface area contributed by atoms with Gasteiger partial charge in [0.25, 0.3) is 5.91 Å². The second-order valence-corrected chi connectivity index (χ2v) is 6.10. The van der Waals surface area contributed by atoms with Crippen LogP contribution in [0.3, 0.4) is 0 Å². The predicted octanol–water partition coefficient (Wildman–Crippen LogP) is -2.11. The molecule has 0 aromatic carbocycles. The van der Waals surface area contributed by atoms with E-state index in [0.29, 0.717) is 19.4 Å². The van der Waals surface area contributed by atoms with Crippen molar-refractivity contribution in [2.45, 2.75) is 58.2 Å². The molecule has 1 rings (SSSR count). The maximum absolute atomic E-state index is 12.3. The highest BCUT2D eigenvalue weighted by Crippen LogP contribution is 2.18. The van der Waals surface area contributed by atoms with Crippen molar-refractivity contribution in [3.63, 3.8) is 0 Å². The van der Waals surface area contributed by atoms with Gasteiger partial charge in [-0.2, -0.15) is 0 Å². The lowest BCUT2D eigenvalue weighted by Crippen LogP contribution is -2.67. The third-order valence-corrected chi connectivity index (χ3v) is 3.57. The van der Waals surface area contributed by atoms with Crippen molar-refractivity contribution < 1.29 is 25.2 Å². The van der Waals surface area contributed by atoms with Crippen molar-refractivity contribution in [1.82, 2.24) is 10.2 Å². The third kappa shape index (κ3) is 4.70. The minimum Gasteiger partial charge on any atom is -0.548 e. The minimum absolute atomic E-state index is 0.120. The van der Waals surface area contributed by atoms with Gasteiger partial charge in [0.2, 0.25) is 5.91 Å². The number of nitrogens with one attached hydrogen (secondary N) is 1. The summed E-state index contributed by atoms with van der Waals surface area (Å²) in [5.74, 6) is -1.77. The first-order chi connectivity index (χ1) is 9.73. The largest absolute Gasteiger partial charge is 0.548 e. The molecule has 1 fully saturated rings. The molecule has 7 heteroatoms. The van der Waals surface area contributed by atoms with Gasteiger partial charge in [-0.15, -0.1) is 0 Å². The number of aliphatic carboxylic acids is 1. The van der Waals surface area contributed by atoms with Crippen molar-refractivity contribution in [3.8, 4) is 0 Å². The molecule has 1 aliphatic heterocycles. The Morgan fingerprint density at radius 3 is 2.43 bits per heavy atom. The van der Waals surface area contributed by atoms with Crippen molar-refractivity contribution in [2.24, 2.45) is 5.92 Å². The Labute approximate surface area is 124 Å². The molecule has 0 saturated carbocycles. The highest BCUT2D eigenvalue weighted by Gasteiger charge is 2.36. The lowest BCUT2D eigenvalue weighted by molar-refractivity contribution is -0.400. The molecular formula is C14H25N3O4.